The van der Waals surface area contributed by atoms with Crippen LogP contribution in [0.5, 0.6) is 0 Å². The molecule has 128 valence electrons. The maximum absolute atomic E-state index is 11.9. The first-order chi connectivity index (χ1) is 11.5. The van der Waals surface area contributed by atoms with Gasteiger partial charge in [0.05, 0.1) is 17.1 Å². The van der Waals surface area contributed by atoms with Crippen LogP contribution in [0.4, 0.5) is 10.7 Å². The number of hydrogen-bond donors (Lipinski definition) is 1. The Morgan fingerprint density at radius 3 is 2.33 bits per heavy atom. The second-order valence-electron chi connectivity index (χ2n) is 6.70. The number of hydrogen-bond acceptors (Lipinski definition) is 6. The van der Waals surface area contributed by atoms with E-state index in [1.54, 1.807) is 12.4 Å². The molecule has 8 nitrogen and oxygen atoms in total. The highest BCUT2D eigenvalue weighted by Crippen LogP contribution is 2.34. The zero-order valence-corrected chi connectivity index (χ0v) is 14.9. The summed E-state index contributed by atoms with van der Waals surface area (Å²) in [5, 5.41) is 2.93. The van der Waals surface area contributed by atoms with Crippen molar-refractivity contribution in [3.63, 3.8) is 0 Å². The molecule has 0 saturated carbocycles. The lowest BCUT2D eigenvalue weighted by Gasteiger charge is -2.35. The van der Waals surface area contributed by atoms with Gasteiger partial charge < -0.3 is 10.2 Å². The Morgan fingerprint density at radius 1 is 1.12 bits per heavy atom. The van der Waals surface area contributed by atoms with Gasteiger partial charge in [-0.05, 0) is 27.8 Å². The second kappa shape index (κ2) is 5.96. The van der Waals surface area contributed by atoms with E-state index in [-0.39, 0.29) is 18.1 Å². The van der Waals surface area contributed by atoms with Gasteiger partial charge in [0.2, 0.25) is 11.9 Å². The zero-order chi connectivity index (χ0) is 16.8. The fourth-order valence-corrected chi connectivity index (χ4v) is 4.05. The number of nitrogens with zero attached hydrogens (tertiary/aromatic N) is 5. The molecule has 0 aromatic carbocycles. The smallest absolute Gasteiger partial charge is 0.325 e. The molecule has 3 aliphatic rings. The van der Waals surface area contributed by atoms with Crippen LogP contribution in [0, 0.1) is 11.8 Å². The third-order valence-electron chi connectivity index (χ3n) is 5.18. The van der Waals surface area contributed by atoms with Crippen molar-refractivity contribution in [2.45, 2.75) is 12.6 Å². The molecule has 3 unspecified atom stereocenters. The first-order valence-electron chi connectivity index (χ1n) is 8.05. The molecule has 0 bridgehead atoms. The topological polar surface area (TPSA) is 81.7 Å². The Bertz CT molecular complexity index is 636. The van der Waals surface area contributed by atoms with Gasteiger partial charge in [-0.2, -0.15) is 0 Å². The lowest BCUT2D eigenvalue weighted by Crippen LogP contribution is -2.59. The number of nitrogens with one attached hydrogen (secondary N) is 1. The van der Waals surface area contributed by atoms with Crippen molar-refractivity contribution < 1.29 is 9.59 Å². The number of anilines is 1. The van der Waals surface area contributed by atoms with Crippen LogP contribution in [0.2, 0.25) is 0 Å². The third-order valence-corrected chi connectivity index (χ3v) is 5.59. The van der Waals surface area contributed by atoms with Gasteiger partial charge in [0.1, 0.15) is 0 Å². The number of aromatic nitrogens is 2. The molecule has 0 radical (unpaired) electrons. The van der Waals surface area contributed by atoms with Gasteiger partial charge in [-0.15, -0.1) is 0 Å². The number of imide groups is 1. The van der Waals surface area contributed by atoms with Crippen LogP contribution >= 0.6 is 15.9 Å². The average Bonchev–Trinajstić information content (AvgIpc) is 3.11. The molecule has 9 heteroatoms. The number of carbonyl (C=O) groups excluding carboxylic acids is 2. The minimum atomic E-state index is -0.307. The van der Waals surface area contributed by atoms with Crippen molar-refractivity contribution in [2.24, 2.45) is 11.8 Å². The van der Waals surface area contributed by atoms with Crippen molar-refractivity contribution in [2.75, 3.05) is 38.1 Å². The van der Waals surface area contributed by atoms with E-state index in [4.69, 9.17) is 0 Å². The van der Waals surface area contributed by atoms with Crippen LogP contribution in [0.15, 0.2) is 16.9 Å². The number of rotatable bonds is 2. The van der Waals surface area contributed by atoms with E-state index in [1.165, 1.54) is 7.05 Å². The molecular weight excluding hydrogens is 376 g/mol. The summed E-state index contributed by atoms with van der Waals surface area (Å²) in [6.07, 6.45) is 3.70. The highest BCUT2D eigenvalue weighted by molar-refractivity contribution is 9.10. The van der Waals surface area contributed by atoms with E-state index in [9.17, 15) is 9.59 Å². The fraction of sp³-hybridized carbons (Fsp3) is 0.600. The normalized spacial score (nSPS) is 30.7. The fourth-order valence-electron chi connectivity index (χ4n) is 3.84. The average molecular weight is 395 g/mol. The lowest BCUT2D eigenvalue weighted by atomic mass is 10.0. The lowest BCUT2D eigenvalue weighted by molar-refractivity contribution is -0.130. The monoisotopic (exact) mass is 394 g/mol. The van der Waals surface area contributed by atoms with Crippen LogP contribution in [0.3, 0.4) is 0 Å². The summed E-state index contributed by atoms with van der Waals surface area (Å²) in [5.74, 6) is 1.68. The summed E-state index contributed by atoms with van der Waals surface area (Å²) in [7, 11) is 1.52. The predicted octanol–water partition coefficient (Wildman–Crippen LogP) is 0.505. The van der Waals surface area contributed by atoms with Crippen molar-refractivity contribution in [3.05, 3.63) is 16.9 Å². The quantitative estimate of drug-likeness (QED) is 0.786. The van der Waals surface area contributed by atoms with Gasteiger partial charge in [-0.3, -0.25) is 14.6 Å². The van der Waals surface area contributed by atoms with Crippen molar-refractivity contribution in [1.29, 1.82) is 0 Å². The van der Waals surface area contributed by atoms with Crippen LogP contribution in [0.1, 0.15) is 6.42 Å². The third kappa shape index (κ3) is 2.75. The molecule has 4 heterocycles. The van der Waals surface area contributed by atoms with Crippen molar-refractivity contribution in [3.8, 4) is 0 Å². The number of carbonyl (C=O) groups is 2. The standard InChI is InChI=1S/C15H19BrN6O2/c1-20-13(23)2-12(19-15(20)24)21-5-9-7-22(8-10(9)6-21)14-17-3-11(16)4-18-14/h3-4,9-10,12H,2,5-8H2,1H3,(H,19,24). The van der Waals surface area contributed by atoms with E-state index in [0.717, 1.165) is 41.5 Å². The molecule has 3 aliphatic heterocycles. The number of urea groups is 1. The molecule has 24 heavy (non-hydrogen) atoms. The second-order valence-corrected chi connectivity index (χ2v) is 7.62. The van der Waals surface area contributed by atoms with Gasteiger partial charge in [-0.25, -0.2) is 14.8 Å². The van der Waals surface area contributed by atoms with Gasteiger partial charge in [-0.1, -0.05) is 0 Å². The largest absolute Gasteiger partial charge is 0.340 e. The van der Waals surface area contributed by atoms with Crippen LogP contribution in [-0.2, 0) is 4.79 Å². The maximum atomic E-state index is 11.9. The molecule has 1 N–H and O–H groups in total. The maximum Gasteiger partial charge on any atom is 0.325 e. The molecule has 0 aliphatic carbocycles. The predicted molar refractivity (Wildman–Crippen MR) is 90.2 cm³/mol. The Hall–Kier alpha value is -1.74. The summed E-state index contributed by atoms with van der Waals surface area (Å²) < 4.78 is 0.875. The zero-order valence-electron chi connectivity index (χ0n) is 13.4. The Kier molecular flexibility index (Phi) is 3.92. The van der Waals surface area contributed by atoms with Crippen molar-refractivity contribution in [1.82, 2.24) is 25.1 Å². The molecule has 0 spiro atoms. The van der Waals surface area contributed by atoms with E-state index in [1.807, 2.05) is 0 Å². The molecule has 1 aromatic heterocycles. The molecular formula is C15H19BrN6O2. The molecule has 1 aromatic rings. The number of fused-ring (bicyclic) bond motifs is 1. The van der Waals surface area contributed by atoms with Gasteiger partial charge in [0.15, 0.2) is 0 Å². The SMILES string of the molecule is CN1C(=O)CC(N2CC3CN(c4ncc(Br)cn4)CC3C2)NC1=O. The minimum Gasteiger partial charge on any atom is -0.340 e. The van der Waals surface area contributed by atoms with Gasteiger partial charge >= 0.3 is 6.03 Å². The van der Waals surface area contributed by atoms with Crippen molar-refractivity contribution >= 4 is 33.8 Å². The molecule has 4 rings (SSSR count). The van der Waals surface area contributed by atoms with Crippen LogP contribution in [0.25, 0.3) is 0 Å². The summed E-state index contributed by atoms with van der Waals surface area (Å²) in [6, 6.07) is -0.307. The Morgan fingerprint density at radius 2 is 1.75 bits per heavy atom. The number of amides is 3. The number of likely N-dealkylation sites (tertiary alicyclic amines) is 1. The highest BCUT2D eigenvalue weighted by Gasteiger charge is 2.44. The van der Waals surface area contributed by atoms with Gasteiger partial charge in [0, 0.05) is 45.6 Å². The summed E-state index contributed by atoms with van der Waals surface area (Å²) in [4.78, 5) is 38.1. The summed E-state index contributed by atoms with van der Waals surface area (Å²) in [5.41, 5.74) is 0. The molecule has 3 fully saturated rings. The first-order valence-corrected chi connectivity index (χ1v) is 8.84. The highest BCUT2D eigenvalue weighted by atomic mass is 79.9. The van der Waals surface area contributed by atoms with Crippen LogP contribution in [-0.4, -0.2) is 71.1 Å². The first kappa shape index (κ1) is 15.8. The summed E-state index contributed by atoms with van der Waals surface area (Å²) >= 11 is 3.35. The van der Waals surface area contributed by atoms with Crippen LogP contribution < -0.4 is 10.2 Å². The molecule has 3 atom stereocenters. The van der Waals surface area contributed by atoms with E-state index >= 15 is 0 Å². The number of halogens is 1. The van der Waals surface area contributed by atoms with E-state index < -0.39 is 0 Å². The summed E-state index contributed by atoms with van der Waals surface area (Å²) in [6.45, 7) is 3.61. The van der Waals surface area contributed by atoms with E-state index in [0.29, 0.717) is 18.3 Å². The van der Waals surface area contributed by atoms with Gasteiger partial charge in [0.25, 0.3) is 0 Å². The Balaban J connectivity index is 1.38. The molecule has 3 saturated heterocycles. The molecule has 3 amide bonds. The van der Waals surface area contributed by atoms with E-state index in [2.05, 4.69) is 41.0 Å². The minimum absolute atomic E-state index is 0.120. The Labute approximate surface area is 148 Å².